The fourth-order valence-electron chi connectivity index (χ4n) is 4.64. The van der Waals surface area contributed by atoms with Crippen LogP contribution in [-0.2, 0) is 28.5 Å². The zero-order valence-electron chi connectivity index (χ0n) is 25.0. The highest BCUT2D eigenvalue weighted by atomic mass is 16.7. The van der Waals surface area contributed by atoms with Gasteiger partial charge in [-0.2, -0.15) is 0 Å². The van der Waals surface area contributed by atoms with E-state index in [-0.39, 0.29) is 28.2 Å². The van der Waals surface area contributed by atoms with Crippen LogP contribution in [0.3, 0.4) is 0 Å². The van der Waals surface area contributed by atoms with Gasteiger partial charge in [0.1, 0.15) is 29.8 Å². The normalized spacial score (nSPS) is 18.5. The number of hydrogen-bond acceptors (Lipinski definition) is 14. The number of carbonyl (C=O) groups excluding carboxylic acids is 3. The Balaban J connectivity index is 1.68. The molecule has 0 bridgehead atoms. The lowest BCUT2D eigenvalue weighted by molar-refractivity contribution is -0.156. The third-order valence-corrected chi connectivity index (χ3v) is 6.71. The molecule has 3 aromatic rings. The first kappa shape index (κ1) is 33.8. The predicted octanol–water partition coefficient (Wildman–Crippen LogP) is 1.15. The standard InChI is InChI=1S/C30H28N2O15/c1-13-9-17(34)11-20(42-4)23(13)29(40)47-24-21(46-26(25(24)45-15(3)33)32-8-7-22(36)31-30(32)41)12-43-28(39)16-5-6-18(35)19(10-16)44-14(2)27(37)38/h5-11,21,24-26,34-35H,2,12H2,1,3-4H3,(H,37,38)(H,31,36,41)/t21-,24-,25-,26-/m0/s1. The van der Waals surface area contributed by atoms with E-state index in [4.69, 9.17) is 33.5 Å². The van der Waals surface area contributed by atoms with E-state index in [1.807, 2.05) is 4.98 Å². The van der Waals surface area contributed by atoms with E-state index in [0.717, 1.165) is 42.0 Å². The van der Waals surface area contributed by atoms with Crippen LogP contribution in [0.25, 0.3) is 0 Å². The summed E-state index contributed by atoms with van der Waals surface area (Å²) >= 11 is 0. The molecule has 2 heterocycles. The molecule has 0 unspecified atom stereocenters. The van der Waals surface area contributed by atoms with E-state index in [9.17, 15) is 39.0 Å². The van der Waals surface area contributed by atoms with Crippen LogP contribution in [0.4, 0.5) is 0 Å². The van der Waals surface area contributed by atoms with Crippen LogP contribution in [0.1, 0.15) is 39.4 Å². The minimum Gasteiger partial charge on any atom is -0.508 e. The van der Waals surface area contributed by atoms with Crippen LogP contribution in [0, 0.1) is 6.92 Å². The zero-order valence-corrected chi connectivity index (χ0v) is 25.0. The Bertz CT molecular complexity index is 1860. The molecule has 0 amide bonds. The minimum absolute atomic E-state index is 0.0530. The first-order valence-corrected chi connectivity index (χ1v) is 13.5. The number of H-pyrrole nitrogens is 1. The highest BCUT2D eigenvalue weighted by molar-refractivity contribution is 5.95. The predicted molar refractivity (Wildman–Crippen MR) is 155 cm³/mol. The van der Waals surface area contributed by atoms with Crippen LogP contribution in [0.2, 0.25) is 0 Å². The topological polar surface area (TPSA) is 239 Å². The van der Waals surface area contributed by atoms with Gasteiger partial charge in [0.25, 0.3) is 5.56 Å². The highest BCUT2D eigenvalue weighted by Crippen LogP contribution is 2.36. The van der Waals surface area contributed by atoms with Crippen molar-refractivity contribution in [2.24, 2.45) is 0 Å². The number of nitrogens with one attached hydrogen (secondary N) is 1. The Morgan fingerprint density at radius 3 is 2.36 bits per heavy atom. The lowest BCUT2D eigenvalue weighted by atomic mass is 10.1. The molecule has 4 N–H and O–H groups in total. The second-order valence-electron chi connectivity index (χ2n) is 9.98. The third kappa shape index (κ3) is 7.59. The summed E-state index contributed by atoms with van der Waals surface area (Å²) in [4.78, 5) is 76.2. The van der Waals surface area contributed by atoms with Crippen LogP contribution < -0.4 is 20.7 Å². The van der Waals surface area contributed by atoms with Gasteiger partial charge in [0.05, 0.1) is 12.7 Å². The largest absolute Gasteiger partial charge is 0.508 e. The molecule has 1 aliphatic rings. The average molecular weight is 657 g/mol. The van der Waals surface area contributed by atoms with E-state index >= 15 is 0 Å². The van der Waals surface area contributed by atoms with Gasteiger partial charge in [-0.1, -0.05) is 0 Å². The lowest BCUT2D eigenvalue weighted by Crippen LogP contribution is -2.42. The number of nitrogens with zero attached hydrogens (tertiary/aromatic N) is 1. The summed E-state index contributed by atoms with van der Waals surface area (Å²) in [7, 11) is 1.25. The summed E-state index contributed by atoms with van der Waals surface area (Å²) in [5.74, 6) is -6.35. The van der Waals surface area contributed by atoms with Crippen molar-refractivity contribution in [3.63, 3.8) is 0 Å². The number of carboxylic acids is 1. The Hall–Kier alpha value is -6.10. The monoisotopic (exact) mass is 656 g/mol. The van der Waals surface area contributed by atoms with Gasteiger partial charge in [-0.05, 0) is 43.3 Å². The summed E-state index contributed by atoms with van der Waals surface area (Å²) < 4.78 is 33.6. The molecule has 4 atom stereocenters. The van der Waals surface area contributed by atoms with Crippen LogP contribution in [-0.4, -0.2) is 80.8 Å². The molecule has 1 aliphatic heterocycles. The molecular formula is C30H28N2O15. The molecule has 4 rings (SSSR count). The molecule has 17 nitrogen and oxygen atoms in total. The summed E-state index contributed by atoms with van der Waals surface area (Å²) in [5, 5.41) is 29.0. The molecule has 47 heavy (non-hydrogen) atoms. The number of carbonyl (C=O) groups is 4. The Labute approximate surface area is 264 Å². The smallest absolute Gasteiger partial charge is 0.371 e. The molecule has 248 valence electrons. The minimum atomic E-state index is -1.54. The molecular weight excluding hydrogens is 628 g/mol. The molecule has 0 spiro atoms. The number of aromatic amines is 1. The highest BCUT2D eigenvalue weighted by Gasteiger charge is 2.51. The number of aryl methyl sites for hydroxylation is 1. The SMILES string of the molecule is C=C(Oc1cc(C(=O)OC[C@@H]2O[C@H](n3ccc(=O)[nH]c3=O)[C@@H](OC(C)=O)[C@H]2OC(=O)c2c(C)cc(O)cc2OC)ccc1O)C(=O)O. The van der Waals surface area contributed by atoms with Gasteiger partial charge in [-0.3, -0.25) is 19.1 Å². The number of hydrogen-bond donors (Lipinski definition) is 4. The molecule has 0 saturated carbocycles. The van der Waals surface area contributed by atoms with Gasteiger partial charge in [0, 0.05) is 25.3 Å². The maximum absolute atomic E-state index is 13.5. The van der Waals surface area contributed by atoms with E-state index in [1.165, 1.54) is 26.2 Å². The van der Waals surface area contributed by atoms with Gasteiger partial charge in [-0.25, -0.2) is 19.2 Å². The van der Waals surface area contributed by atoms with E-state index in [2.05, 4.69) is 6.58 Å². The second-order valence-corrected chi connectivity index (χ2v) is 9.98. The van der Waals surface area contributed by atoms with E-state index in [0.29, 0.717) is 0 Å². The molecule has 2 aromatic carbocycles. The fraction of sp³-hybridized carbons (Fsp3) is 0.267. The number of phenols is 2. The second kappa shape index (κ2) is 13.9. The van der Waals surface area contributed by atoms with E-state index in [1.54, 1.807) is 0 Å². The number of phenolic OH excluding ortho intramolecular Hbond substituents is 2. The Kier molecular flexibility index (Phi) is 9.99. The number of benzene rings is 2. The van der Waals surface area contributed by atoms with Gasteiger partial charge in [0.15, 0.2) is 29.9 Å². The van der Waals surface area contributed by atoms with Crippen LogP contribution in [0.15, 0.2) is 64.5 Å². The van der Waals surface area contributed by atoms with Crippen molar-refractivity contribution in [3.8, 4) is 23.0 Å². The van der Waals surface area contributed by atoms with Crippen molar-refractivity contribution in [2.45, 2.75) is 38.4 Å². The summed E-state index contributed by atoms with van der Waals surface area (Å²) in [6, 6.07) is 6.62. The van der Waals surface area contributed by atoms with Gasteiger partial charge in [-0.15, -0.1) is 0 Å². The van der Waals surface area contributed by atoms with Gasteiger partial charge in [0.2, 0.25) is 5.76 Å². The van der Waals surface area contributed by atoms with Crippen molar-refractivity contribution in [2.75, 3.05) is 13.7 Å². The van der Waals surface area contributed by atoms with Crippen molar-refractivity contribution >= 4 is 23.9 Å². The van der Waals surface area contributed by atoms with Crippen molar-refractivity contribution in [1.82, 2.24) is 9.55 Å². The summed E-state index contributed by atoms with van der Waals surface area (Å²) in [5.41, 5.74) is -1.76. The van der Waals surface area contributed by atoms with Gasteiger partial charge >= 0.3 is 29.6 Å². The van der Waals surface area contributed by atoms with Crippen molar-refractivity contribution in [3.05, 3.63) is 92.5 Å². The number of carboxylic acid groups (broad SMARTS) is 1. The molecule has 0 radical (unpaired) electrons. The van der Waals surface area contributed by atoms with Crippen LogP contribution >= 0.6 is 0 Å². The number of aliphatic carboxylic acids is 1. The number of ether oxygens (including phenoxy) is 6. The van der Waals surface area contributed by atoms with Crippen LogP contribution in [0.5, 0.6) is 23.0 Å². The number of rotatable bonds is 11. The first-order chi connectivity index (χ1) is 22.2. The summed E-state index contributed by atoms with van der Waals surface area (Å²) in [6.45, 7) is 5.07. The van der Waals surface area contributed by atoms with E-state index < -0.39 is 83.5 Å². The first-order valence-electron chi connectivity index (χ1n) is 13.5. The van der Waals surface area contributed by atoms with Crippen molar-refractivity contribution in [1.29, 1.82) is 0 Å². The molecule has 1 fully saturated rings. The third-order valence-electron chi connectivity index (χ3n) is 6.71. The fourth-order valence-corrected chi connectivity index (χ4v) is 4.64. The Morgan fingerprint density at radius 2 is 1.72 bits per heavy atom. The zero-order chi connectivity index (χ0) is 34.6. The maximum Gasteiger partial charge on any atom is 0.371 e. The number of aromatic hydroxyl groups is 2. The number of methoxy groups -OCH3 is 1. The van der Waals surface area contributed by atoms with Crippen molar-refractivity contribution < 1.29 is 62.9 Å². The molecule has 1 aromatic heterocycles. The average Bonchev–Trinajstić information content (AvgIpc) is 3.31. The number of aromatic nitrogens is 2. The molecule has 17 heteroatoms. The maximum atomic E-state index is 13.5. The Morgan fingerprint density at radius 1 is 1.00 bits per heavy atom. The quantitative estimate of drug-likeness (QED) is 0.0980. The summed E-state index contributed by atoms with van der Waals surface area (Å²) in [6.07, 6.45) is -4.91. The molecule has 0 aliphatic carbocycles. The lowest BCUT2D eigenvalue weighted by Gasteiger charge is -2.25. The van der Waals surface area contributed by atoms with Gasteiger partial charge < -0.3 is 43.7 Å². The molecule has 1 saturated heterocycles. The number of esters is 3.